The van der Waals surface area contributed by atoms with Crippen molar-refractivity contribution in [2.75, 3.05) is 0 Å². The van der Waals surface area contributed by atoms with Crippen molar-refractivity contribution in [2.24, 2.45) is 0 Å². The highest BCUT2D eigenvalue weighted by Gasteiger charge is 2.49. The van der Waals surface area contributed by atoms with Crippen molar-refractivity contribution in [3.8, 4) is 0 Å². The van der Waals surface area contributed by atoms with Crippen molar-refractivity contribution in [2.45, 2.75) is 18.9 Å². The first-order chi connectivity index (χ1) is 11.6. The number of rotatable bonds is 5. The molecule has 0 aliphatic rings. The van der Waals surface area contributed by atoms with Crippen molar-refractivity contribution in [1.29, 1.82) is 0 Å². The molecule has 0 atom stereocenters. The predicted octanol–water partition coefficient (Wildman–Crippen LogP) is 4.12. The molecular formula is C23H24Si. The fourth-order valence-corrected chi connectivity index (χ4v) is 9.45. The second-order valence-corrected chi connectivity index (χ2v) is 11.3. The van der Waals surface area contributed by atoms with Crippen molar-refractivity contribution < 1.29 is 0 Å². The van der Waals surface area contributed by atoms with Crippen molar-refractivity contribution in [1.82, 2.24) is 0 Å². The maximum absolute atomic E-state index is 4.21. The van der Waals surface area contributed by atoms with Gasteiger partial charge in [0.1, 0.15) is 0 Å². The van der Waals surface area contributed by atoms with Gasteiger partial charge in [-0.1, -0.05) is 111 Å². The van der Waals surface area contributed by atoms with Gasteiger partial charge >= 0.3 is 0 Å². The Balaban J connectivity index is 2.45. The average Bonchev–Trinajstić information content (AvgIpc) is 2.65. The first kappa shape index (κ1) is 16.5. The summed E-state index contributed by atoms with van der Waals surface area (Å²) in [5.41, 5.74) is 0. The summed E-state index contributed by atoms with van der Waals surface area (Å²) in [5, 5.41) is 4.24. The highest BCUT2D eigenvalue weighted by molar-refractivity contribution is 7.13. The lowest BCUT2D eigenvalue weighted by molar-refractivity contribution is 0.832. The zero-order valence-corrected chi connectivity index (χ0v) is 15.4. The van der Waals surface area contributed by atoms with E-state index in [0.717, 1.165) is 0 Å². The molecule has 0 fully saturated rings. The molecule has 0 unspecified atom stereocenters. The van der Waals surface area contributed by atoms with Gasteiger partial charge in [-0.15, -0.1) is 6.58 Å². The minimum Gasteiger partial charge on any atom is -0.103 e. The predicted molar refractivity (Wildman–Crippen MR) is 108 cm³/mol. The normalized spacial score (nSPS) is 11.9. The zero-order valence-electron chi connectivity index (χ0n) is 14.4. The molecule has 0 aliphatic heterocycles. The number of benzene rings is 3. The third-order valence-electron chi connectivity index (χ3n) is 5.10. The molecule has 0 nitrogen and oxygen atoms in total. The van der Waals surface area contributed by atoms with E-state index in [2.05, 4.69) is 117 Å². The van der Waals surface area contributed by atoms with E-state index in [0.29, 0.717) is 0 Å². The molecule has 120 valence electrons. The molecule has 0 amide bonds. The van der Waals surface area contributed by atoms with Crippen LogP contribution in [0.4, 0.5) is 0 Å². The molecule has 1 heteroatoms. The van der Waals surface area contributed by atoms with Crippen LogP contribution in [0.5, 0.6) is 0 Å². The molecule has 0 saturated heterocycles. The molecular weight excluding hydrogens is 304 g/mol. The third kappa shape index (κ3) is 2.55. The van der Waals surface area contributed by atoms with Crippen molar-refractivity contribution in [3.05, 3.63) is 104 Å². The minimum atomic E-state index is -2.27. The van der Waals surface area contributed by atoms with E-state index in [1.165, 1.54) is 15.6 Å². The highest BCUT2D eigenvalue weighted by Crippen LogP contribution is 2.37. The lowest BCUT2D eigenvalue weighted by atomic mass is 10.2. The van der Waals surface area contributed by atoms with E-state index in [1.54, 1.807) is 0 Å². The van der Waals surface area contributed by atoms with Gasteiger partial charge in [0.05, 0.1) is 0 Å². The summed E-state index contributed by atoms with van der Waals surface area (Å²) in [5.74, 6) is 0. The van der Waals surface area contributed by atoms with Gasteiger partial charge in [-0.25, -0.2) is 0 Å². The van der Waals surface area contributed by atoms with Crippen LogP contribution in [0.15, 0.2) is 104 Å². The van der Waals surface area contributed by atoms with Crippen LogP contribution in [0.3, 0.4) is 0 Å². The summed E-state index contributed by atoms with van der Waals surface area (Å²) in [6, 6.07) is 33.0. The van der Waals surface area contributed by atoms with Gasteiger partial charge in [-0.05, 0) is 20.6 Å². The van der Waals surface area contributed by atoms with Crippen LogP contribution in [-0.2, 0) is 0 Å². The topological polar surface area (TPSA) is 0 Å². The maximum atomic E-state index is 4.21. The highest BCUT2D eigenvalue weighted by atomic mass is 28.3. The average molecular weight is 329 g/mol. The molecule has 0 aromatic heterocycles. The maximum Gasteiger partial charge on any atom is 0.157 e. The smallest absolute Gasteiger partial charge is 0.103 e. The van der Waals surface area contributed by atoms with Crippen LogP contribution >= 0.6 is 0 Å². The third-order valence-corrected chi connectivity index (χ3v) is 10.8. The zero-order chi connectivity index (χ0) is 17.0. The van der Waals surface area contributed by atoms with Gasteiger partial charge in [0.15, 0.2) is 8.07 Å². The molecule has 24 heavy (non-hydrogen) atoms. The van der Waals surface area contributed by atoms with E-state index < -0.39 is 8.07 Å². The first-order valence-electron chi connectivity index (χ1n) is 8.43. The Labute approximate surface area is 146 Å². The quantitative estimate of drug-likeness (QED) is 0.375. The Kier molecular flexibility index (Phi) is 4.54. The number of hydrogen-bond acceptors (Lipinski definition) is 0. The first-order valence-corrected chi connectivity index (χ1v) is 10.4. The summed E-state index contributed by atoms with van der Waals surface area (Å²) in [4.78, 5) is 0. The van der Waals surface area contributed by atoms with E-state index in [4.69, 9.17) is 0 Å². The van der Waals surface area contributed by atoms with Crippen LogP contribution in [0.2, 0.25) is 5.04 Å². The Morgan fingerprint density at radius 2 is 0.917 bits per heavy atom. The molecule has 0 radical (unpaired) electrons. The Morgan fingerprint density at radius 3 is 1.17 bits per heavy atom. The molecule has 0 heterocycles. The summed E-state index contributed by atoms with van der Waals surface area (Å²) in [6.07, 6.45) is 2.15. The van der Waals surface area contributed by atoms with E-state index >= 15 is 0 Å². The van der Waals surface area contributed by atoms with E-state index in [1.807, 2.05) is 0 Å². The Bertz CT molecular complexity index is 693. The SMILES string of the molecule is C=CC(C)(C)[Si](c1ccccc1)(c1ccccc1)c1ccccc1. The molecule has 0 bridgehead atoms. The number of allylic oxidation sites excluding steroid dienone is 1. The van der Waals surface area contributed by atoms with Gasteiger partial charge < -0.3 is 0 Å². The van der Waals surface area contributed by atoms with Crippen LogP contribution < -0.4 is 15.6 Å². The second-order valence-electron chi connectivity index (χ2n) is 6.77. The largest absolute Gasteiger partial charge is 0.157 e. The minimum absolute atomic E-state index is 0.0307. The van der Waals surface area contributed by atoms with E-state index in [-0.39, 0.29) is 5.04 Å². The van der Waals surface area contributed by atoms with Gasteiger partial charge in [-0.3, -0.25) is 0 Å². The van der Waals surface area contributed by atoms with Crippen LogP contribution in [0.1, 0.15) is 13.8 Å². The molecule has 0 N–H and O–H groups in total. The number of hydrogen-bond donors (Lipinski definition) is 0. The summed E-state index contributed by atoms with van der Waals surface area (Å²) < 4.78 is 0. The van der Waals surface area contributed by atoms with E-state index in [9.17, 15) is 0 Å². The summed E-state index contributed by atoms with van der Waals surface area (Å²) in [6.45, 7) is 8.87. The standard InChI is InChI=1S/C23H24Si/c1-4-23(2,3)24(20-14-8-5-9-15-20,21-16-10-6-11-17-21)22-18-12-7-13-19-22/h4-19H,1H2,2-3H3. The van der Waals surface area contributed by atoms with Crippen molar-refractivity contribution >= 4 is 23.6 Å². The monoisotopic (exact) mass is 328 g/mol. The van der Waals surface area contributed by atoms with Gasteiger partial charge in [0, 0.05) is 0 Å². The van der Waals surface area contributed by atoms with Gasteiger partial charge in [0.2, 0.25) is 0 Å². The lowest BCUT2D eigenvalue weighted by Crippen LogP contribution is -2.72. The fraction of sp³-hybridized carbons (Fsp3) is 0.130. The van der Waals surface area contributed by atoms with Gasteiger partial charge in [0.25, 0.3) is 0 Å². The molecule has 0 saturated carbocycles. The molecule has 0 aliphatic carbocycles. The van der Waals surface area contributed by atoms with Crippen molar-refractivity contribution in [3.63, 3.8) is 0 Å². The molecule has 3 rings (SSSR count). The summed E-state index contributed by atoms with van der Waals surface area (Å²) >= 11 is 0. The summed E-state index contributed by atoms with van der Waals surface area (Å²) in [7, 11) is -2.27. The molecule has 3 aromatic carbocycles. The lowest BCUT2D eigenvalue weighted by Gasteiger charge is -2.45. The Morgan fingerprint density at radius 1 is 0.625 bits per heavy atom. The van der Waals surface area contributed by atoms with Crippen LogP contribution in [0.25, 0.3) is 0 Å². The second kappa shape index (κ2) is 6.62. The molecule has 3 aromatic rings. The van der Waals surface area contributed by atoms with Gasteiger partial charge in [-0.2, -0.15) is 0 Å². The van der Waals surface area contributed by atoms with Crippen LogP contribution in [0, 0.1) is 0 Å². The molecule has 0 spiro atoms. The Hall–Kier alpha value is -2.38. The fourth-order valence-electron chi connectivity index (χ4n) is 3.83. The van der Waals surface area contributed by atoms with Crippen LogP contribution in [-0.4, -0.2) is 8.07 Å².